The van der Waals surface area contributed by atoms with Gasteiger partial charge in [-0.3, -0.25) is 4.79 Å². The number of carbonyl (C=O) groups is 1. The van der Waals surface area contributed by atoms with E-state index in [0.29, 0.717) is 11.3 Å². The van der Waals surface area contributed by atoms with Crippen molar-refractivity contribution in [1.29, 1.82) is 0 Å². The van der Waals surface area contributed by atoms with E-state index in [2.05, 4.69) is 15.5 Å². The lowest BCUT2D eigenvalue weighted by Gasteiger charge is -2.04. The zero-order valence-corrected chi connectivity index (χ0v) is 12.5. The second kappa shape index (κ2) is 6.39. The van der Waals surface area contributed by atoms with Crippen LogP contribution < -0.4 is 5.32 Å². The molecule has 0 bridgehead atoms. The van der Waals surface area contributed by atoms with Crippen molar-refractivity contribution >= 4 is 5.91 Å². The number of hydrogen-bond donors (Lipinski definition) is 1. The third kappa shape index (κ3) is 3.26. The summed E-state index contributed by atoms with van der Waals surface area (Å²) in [5, 5.41) is 11.1. The molecule has 5 nitrogen and oxygen atoms in total. The standard InChI is InChI=1S/C17H15FN4O/c1-12-16(21-22(20-12)14-8-3-2-4-9-14)17(23)19-11-13-7-5-6-10-15(13)18/h2-10H,11H2,1H3,(H,19,23). The Morgan fingerprint density at radius 2 is 1.78 bits per heavy atom. The van der Waals surface area contributed by atoms with Gasteiger partial charge in [0.05, 0.1) is 11.4 Å². The van der Waals surface area contributed by atoms with E-state index in [1.165, 1.54) is 10.9 Å². The minimum Gasteiger partial charge on any atom is -0.346 e. The fourth-order valence-electron chi connectivity index (χ4n) is 2.17. The molecule has 0 aliphatic carbocycles. The quantitative estimate of drug-likeness (QED) is 0.806. The number of carbonyl (C=O) groups excluding carboxylic acids is 1. The molecule has 0 radical (unpaired) electrons. The van der Waals surface area contributed by atoms with Crippen molar-refractivity contribution < 1.29 is 9.18 Å². The Balaban J connectivity index is 1.75. The van der Waals surface area contributed by atoms with Crippen LogP contribution in [0, 0.1) is 12.7 Å². The monoisotopic (exact) mass is 310 g/mol. The molecule has 23 heavy (non-hydrogen) atoms. The Hall–Kier alpha value is -3.02. The second-order valence-corrected chi connectivity index (χ2v) is 5.03. The smallest absolute Gasteiger partial charge is 0.274 e. The van der Waals surface area contributed by atoms with Gasteiger partial charge in [0.2, 0.25) is 0 Å². The van der Waals surface area contributed by atoms with Crippen molar-refractivity contribution in [3.8, 4) is 5.69 Å². The van der Waals surface area contributed by atoms with Gasteiger partial charge in [0.1, 0.15) is 5.82 Å². The molecule has 0 aliphatic rings. The summed E-state index contributed by atoms with van der Waals surface area (Å²) in [6.45, 7) is 1.81. The van der Waals surface area contributed by atoms with Gasteiger partial charge in [0, 0.05) is 12.1 Å². The average molecular weight is 310 g/mol. The normalized spacial score (nSPS) is 10.5. The predicted molar refractivity (Wildman–Crippen MR) is 83.7 cm³/mol. The number of nitrogens with one attached hydrogen (secondary N) is 1. The molecule has 0 unspecified atom stereocenters. The molecule has 1 aromatic heterocycles. The molecule has 0 fully saturated rings. The van der Waals surface area contributed by atoms with Crippen molar-refractivity contribution in [2.24, 2.45) is 0 Å². The highest BCUT2D eigenvalue weighted by Crippen LogP contribution is 2.09. The lowest BCUT2D eigenvalue weighted by molar-refractivity contribution is 0.0944. The summed E-state index contributed by atoms with van der Waals surface area (Å²) >= 11 is 0. The first-order valence-electron chi connectivity index (χ1n) is 7.16. The molecule has 116 valence electrons. The third-order valence-corrected chi connectivity index (χ3v) is 3.38. The molecule has 1 N–H and O–H groups in total. The molecule has 0 saturated heterocycles. The van der Waals surface area contributed by atoms with Crippen LogP contribution >= 0.6 is 0 Å². The number of nitrogens with zero attached hydrogens (tertiary/aromatic N) is 3. The maximum absolute atomic E-state index is 13.6. The molecular formula is C17H15FN4O. The Labute approximate surface area is 132 Å². The van der Waals surface area contributed by atoms with Crippen LogP contribution in [0.2, 0.25) is 0 Å². The zero-order valence-electron chi connectivity index (χ0n) is 12.5. The molecule has 2 aromatic carbocycles. The van der Waals surface area contributed by atoms with Crippen LogP contribution in [0.1, 0.15) is 21.7 Å². The topological polar surface area (TPSA) is 59.8 Å². The van der Waals surface area contributed by atoms with E-state index in [4.69, 9.17) is 0 Å². The number of halogens is 1. The van der Waals surface area contributed by atoms with Crippen molar-refractivity contribution in [3.63, 3.8) is 0 Å². The fraction of sp³-hybridized carbons (Fsp3) is 0.118. The van der Waals surface area contributed by atoms with Gasteiger partial charge in [-0.2, -0.15) is 9.90 Å². The minimum absolute atomic E-state index is 0.100. The summed E-state index contributed by atoms with van der Waals surface area (Å²) in [5.41, 5.74) is 1.93. The van der Waals surface area contributed by atoms with Crippen LogP contribution in [-0.2, 0) is 6.54 Å². The molecule has 6 heteroatoms. The van der Waals surface area contributed by atoms with Crippen molar-refractivity contribution in [2.45, 2.75) is 13.5 Å². The lowest BCUT2D eigenvalue weighted by Crippen LogP contribution is -2.24. The van der Waals surface area contributed by atoms with E-state index < -0.39 is 0 Å². The maximum Gasteiger partial charge on any atom is 0.274 e. The fourth-order valence-corrected chi connectivity index (χ4v) is 2.17. The number of aromatic nitrogens is 3. The van der Waals surface area contributed by atoms with Gasteiger partial charge in [-0.05, 0) is 25.1 Å². The van der Waals surface area contributed by atoms with E-state index in [1.54, 1.807) is 25.1 Å². The number of rotatable bonds is 4. The van der Waals surface area contributed by atoms with E-state index in [0.717, 1.165) is 5.69 Å². The van der Waals surface area contributed by atoms with Crippen LogP contribution in [0.25, 0.3) is 5.69 Å². The first kappa shape index (κ1) is 14.9. The Bertz CT molecular complexity index is 830. The molecule has 1 amide bonds. The number of benzene rings is 2. The highest BCUT2D eigenvalue weighted by molar-refractivity contribution is 5.93. The molecular weight excluding hydrogens is 295 g/mol. The van der Waals surface area contributed by atoms with Crippen LogP contribution in [-0.4, -0.2) is 20.9 Å². The van der Waals surface area contributed by atoms with Crippen molar-refractivity contribution in [3.05, 3.63) is 77.4 Å². The summed E-state index contributed by atoms with van der Waals surface area (Å²) in [5.74, 6) is -0.731. The molecule has 0 saturated carbocycles. The summed E-state index contributed by atoms with van der Waals surface area (Å²) in [6.07, 6.45) is 0. The first-order chi connectivity index (χ1) is 11.1. The van der Waals surface area contributed by atoms with Crippen LogP contribution in [0.5, 0.6) is 0 Å². The zero-order chi connectivity index (χ0) is 16.2. The van der Waals surface area contributed by atoms with Crippen LogP contribution in [0.15, 0.2) is 54.6 Å². The highest BCUT2D eigenvalue weighted by Gasteiger charge is 2.16. The van der Waals surface area contributed by atoms with Gasteiger partial charge >= 0.3 is 0 Å². The molecule has 1 heterocycles. The largest absolute Gasteiger partial charge is 0.346 e. The van der Waals surface area contributed by atoms with Gasteiger partial charge < -0.3 is 5.32 Å². The summed E-state index contributed by atoms with van der Waals surface area (Å²) in [7, 11) is 0. The SMILES string of the molecule is Cc1nn(-c2ccccc2)nc1C(=O)NCc1ccccc1F. The summed E-state index contributed by atoms with van der Waals surface area (Å²) in [6, 6.07) is 15.6. The predicted octanol–water partition coefficient (Wildman–Crippen LogP) is 2.64. The van der Waals surface area contributed by atoms with E-state index in [-0.39, 0.29) is 24.0 Å². The highest BCUT2D eigenvalue weighted by atomic mass is 19.1. The Kier molecular flexibility index (Phi) is 4.14. The van der Waals surface area contributed by atoms with Crippen molar-refractivity contribution in [2.75, 3.05) is 0 Å². The van der Waals surface area contributed by atoms with Gasteiger partial charge in [-0.25, -0.2) is 4.39 Å². The maximum atomic E-state index is 13.6. The summed E-state index contributed by atoms with van der Waals surface area (Å²) in [4.78, 5) is 13.7. The molecule has 0 aliphatic heterocycles. The molecule has 0 atom stereocenters. The molecule has 3 rings (SSSR count). The summed E-state index contributed by atoms with van der Waals surface area (Å²) < 4.78 is 13.6. The minimum atomic E-state index is -0.382. The molecule has 3 aromatic rings. The number of para-hydroxylation sites is 1. The van der Waals surface area contributed by atoms with E-state index in [1.807, 2.05) is 30.3 Å². The third-order valence-electron chi connectivity index (χ3n) is 3.38. The van der Waals surface area contributed by atoms with E-state index in [9.17, 15) is 9.18 Å². The number of hydrogen-bond acceptors (Lipinski definition) is 3. The van der Waals surface area contributed by atoms with Gasteiger partial charge in [0.25, 0.3) is 5.91 Å². The van der Waals surface area contributed by atoms with Crippen LogP contribution in [0.3, 0.4) is 0 Å². The van der Waals surface area contributed by atoms with Gasteiger partial charge in [-0.1, -0.05) is 36.4 Å². The Morgan fingerprint density at radius 3 is 2.52 bits per heavy atom. The van der Waals surface area contributed by atoms with Gasteiger partial charge in [0.15, 0.2) is 5.69 Å². The first-order valence-corrected chi connectivity index (χ1v) is 7.16. The number of aryl methyl sites for hydroxylation is 1. The number of amides is 1. The van der Waals surface area contributed by atoms with Crippen LogP contribution in [0.4, 0.5) is 4.39 Å². The lowest BCUT2D eigenvalue weighted by atomic mass is 10.2. The van der Waals surface area contributed by atoms with Crippen molar-refractivity contribution in [1.82, 2.24) is 20.3 Å². The van der Waals surface area contributed by atoms with E-state index >= 15 is 0 Å². The molecule has 0 spiro atoms. The Morgan fingerprint density at radius 1 is 1.09 bits per heavy atom. The average Bonchev–Trinajstić information content (AvgIpc) is 2.97. The second-order valence-electron chi connectivity index (χ2n) is 5.03. The van der Waals surface area contributed by atoms with Gasteiger partial charge in [-0.15, -0.1) is 5.10 Å².